The van der Waals surface area contributed by atoms with Gasteiger partial charge in [0.15, 0.2) is 11.5 Å². The number of fused-ring (bicyclic) bond motifs is 1. The van der Waals surface area contributed by atoms with E-state index in [-0.39, 0.29) is 5.75 Å². The Morgan fingerprint density at radius 2 is 2.15 bits per heavy atom. The smallest absolute Gasteiger partial charge is 0.160 e. The number of pyridine rings is 1. The van der Waals surface area contributed by atoms with E-state index in [1.54, 1.807) is 24.5 Å². The van der Waals surface area contributed by atoms with Crippen LogP contribution in [0.5, 0.6) is 11.5 Å². The maximum atomic E-state index is 9.92. The zero-order valence-electron chi connectivity index (χ0n) is 11.4. The molecule has 1 N–H and O–H groups in total. The summed E-state index contributed by atoms with van der Waals surface area (Å²) in [4.78, 5) is 8.69. The lowest BCUT2D eigenvalue weighted by Crippen LogP contribution is -1.97. The van der Waals surface area contributed by atoms with E-state index in [0.717, 1.165) is 29.0 Å². The van der Waals surface area contributed by atoms with Gasteiger partial charge in [-0.1, -0.05) is 0 Å². The van der Waals surface area contributed by atoms with Crippen molar-refractivity contribution in [1.29, 1.82) is 0 Å². The molecule has 3 aromatic rings. The Bertz CT molecular complexity index is 765. The van der Waals surface area contributed by atoms with Gasteiger partial charge in [0.05, 0.1) is 18.8 Å². The molecule has 0 fully saturated rings. The molecule has 102 valence electrons. The fourth-order valence-electron chi connectivity index (χ4n) is 2.35. The zero-order valence-corrected chi connectivity index (χ0v) is 11.4. The summed E-state index contributed by atoms with van der Waals surface area (Å²) in [5, 5.41) is 9.92. The first-order chi connectivity index (χ1) is 9.74. The van der Waals surface area contributed by atoms with E-state index in [1.165, 1.54) is 7.11 Å². The highest BCUT2D eigenvalue weighted by Gasteiger charge is 2.13. The fraction of sp³-hybridized carbons (Fsp3) is 0.200. The molecule has 2 aromatic heterocycles. The van der Waals surface area contributed by atoms with Crippen LogP contribution >= 0.6 is 0 Å². The van der Waals surface area contributed by atoms with Crippen molar-refractivity contribution in [3.05, 3.63) is 36.7 Å². The summed E-state index contributed by atoms with van der Waals surface area (Å²) in [7, 11) is 1.53. The van der Waals surface area contributed by atoms with Crippen molar-refractivity contribution < 1.29 is 9.84 Å². The number of phenols is 1. The summed E-state index contributed by atoms with van der Waals surface area (Å²) in [5.74, 6) is 1.38. The molecule has 5 heteroatoms. The van der Waals surface area contributed by atoms with Gasteiger partial charge >= 0.3 is 0 Å². The Morgan fingerprint density at radius 3 is 2.85 bits per heavy atom. The summed E-state index contributed by atoms with van der Waals surface area (Å²) >= 11 is 0. The van der Waals surface area contributed by atoms with Crippen LogP contribution in [-0.4, -0.2) is 26.8 Å². The van der Waals surface area contributed by atoms with Crippen molar-refractivity contribution >= 4 is 11.0 Å². The highest BCUT2D eigenvalue weighted by Crippen LogP contribution is 2.32. The molecule has 0 unspecified atom stereocenters. The van der Waals surface area contributed by atoms with Crippen LogP contribution in [-0.2, 0) is 6.54 Å². The standard InChI is InChI=1S/C15H15N3O2/c1-3-18-12-6-7-16-9-11(12)17-15(18)10-4-5-14(20-2)13(19)8-10/h4-9,19H,3H2,1-2H3. The lowest BCUT2D eigenvalue weighted by atomic mass is 10.2. The molecule has 20 heavy (non-hydrogen) atoms. The van der Waals surface area contributed by atoms with Gasteiger partial charge < -0.3 is 14.4 Å². The number of hydrogen-bond donors (Lipinski definition) is 1. The average molecular weight is 269 g/mol. The highest BCUT2D eigenvalue weighted by molar-refractivity contribution is 5.80. The monoisotopic (exact) mass is 269 g/mol. The van der Waals surface area contributed by atoms with Crippen LogP contribution in [0.4, 0.5) is 0 Å². The molecule has 0 aliphatic carbocycles. The first-order valence-electron chi connectivity index (χ1n) is 6.42. The van der Waals surface area contributed by atoms with Crippen molar-refractivity contribution in [1.82, 2.24) is 14.5 Å². The molecule has 0 radical (unpaired) electrons. The van der Waals surface area contributed by atoms with Gasteiger partial charge in [0.25, 0.3) is 0 Å². The lowest BCUT2D eigenvalue weighted by molar-refractivity contribution is 0.373. The molecule has 0 bridgehead atoms. The Hall–Kier alpha value is -2.56. The van der Waals surface area contributed by atoms with Gasteiger partial charge in [-0.15, -0.1) is 0 Å². The quantitative estimate of drug-likeness (QED) is 0.794. The molecule has 2 heterocycles. The lowest BCUT2D eigenvalue weighted by Gasteiger charge is -2.08. The highest BCUT2D eigenvalue weighted by atomic mass is 16.5. The summed E-state index contributed by atoms with van der Waals surface area (Å²) in [5.41, 5.74) is 2.73. The first-order valence-corrected chi connectivity index (χ1v) is 6.42. The summed E-state index contributed by atoms with van der Waals surface area (Å²) in [6.45, 7) is 2.86. The van der Waals surface area contributed by atoms with Gasteiger partial charge in [0.2, 0.25) is 0 Å². The predicted octanol–water partition coefficient (Wildman–Crippen LogP) is 2.83. The minimum absolute atomic E-state index is 0.109. The fourth-order valence-corrected chi connectivity index (χ4v) is 2.35. The second kappa shape index (κ2) is 4.85. The number of aryl methyl sites for hydroxylation is 1. The van der Waals surface area contributed by atoms with E-state index in [2.05, 4.69) is 21.5 Å². The van der Waals surface area contributed by atoms with Gasteiger partial charge in [0.1, 0.15) is 11.3 Å². The zero-order chi connectivity index (χ0) is 14.1. The van der Waals surface area contributed by atoms with E-state index in [1.807, 2.05) is 12.1 Å². The summed E-state index contributed by atoms with van der Waals surface area (Å²) < 4.78 is 7.16. The van der Waals surface area contributed by atoms with Crippen molar-refractivity contribution in [3.8, 4) is 22.9 Å². The maximum absolute atomic E-state index is 9.92. The average Bonchev–Trinajstić information content (AvgIpc) is 2.85. The molecule has 0 spiro atoms. The van der Waals surface area contributed by atoms with Crippen LogP contribution in [0.2, 0.25) is 0 Å². The van der Waals surface area contributed by atoms with Crippen LogP contribution in [0.3, 0.4) is 0 Å². The van der Waals surface area contributed by atoms with Crippen molar-refractivity contribution in [2.24, 2.45) is 0 Å². The predicted molar refractivity (Wildman–Crippen MR) is 76.9 cm³/mol. The second-order valence-electron chi connectivity index (χ2n) is 4.43. The normalized spacial score (nSPS) is 10.9. The minimum atomic E-state index is 0.109. The molecular weight excluding hydrogens is 254 g/mol. The number of aromatic hydroxyl groups is 1. The van der Waals surface area contributed by atoms with E-state index in [9.17, 15) is 5.11 Å². The van der Waals surface area contributed by atoms with Crippen LogP contribution in [0.25, 0.3) is 22.4 Å². The third kappa shape index (κ3) is 1.87. The van der Waals surface area contributed by atoms with Crippen molar-refractivity contribution in [3.63, 3.8) is 0 Å². The Balaban J connectivity index is 2.21. The van der Waals surface area contributed by atoms with Gasteiger partial charge in [-0.2, -0.15) is 0 Å². The van der Waals surface area contributed by atoms with Gasteiger partial charge in [-0.05, 0) is 31.2 Å². The van der Waals surface area contributed by atoms with E-state index >= 15 is 0 Å². The maximum Gasteiger partial charge on any atom is 0.160 e. The molecule has 0 aliphatic rings. The third-order valence-corrected chi connectivity index (χ3v) is 3.30. The SMILES string of the molecule is CCn1c(-c2ccc(OC)c(O)c2)nc2cnccc21. The number of benzene rings is 1. The van der Waals surface area contributed by atoms with Gasteiger partial charge in [-0.25, -0.2) is 4.98 Å². The van der Waals surface area contributed by atoms with E-state index < -0.39 is 0 Å². The van der Waals surface area contributed by atoms with Crippen molar-refractivity contribution in [2.45, 2.75) is 13.5 Å². The molecule has 3 rings (SSSR count). The second-order valence-corrected chi connectivity index (χ2v) is 4.43. The van der Waals surface area contributed by atoms with Crippen LogP contribution < -0.4 is 4.74 Å². The molecule has 5 nitrogen and oxygen atoms in total. The summed E-state index contributed by atoms with van der Waals surface area (Å²) in [6, 6.07) is 7.24. The number of phenolic OH excluding ortho intramolecular Hbond substituents is 1. The molecule has 1 aromatic carbocycles. The van der Waals surface area contributed by atoms with Crippen molar-refractivity contribution in [2.75, 3.05) is 7.11 Å². The largest absolute Gasteiger partial charge is 0.504 e. The molecule has 0 saturated heterocycles. The van der Waals surface area contributed by atoms with Gasteiger partial charge in [0, 0.05) is 18.3 Å². The van der Waals surface area contributed by atoms with Crippen LogP contribution in [0, 0.1) is 0 Å². The number of aromatic nitrogens is 3. The number of rotatable bonds is 3. The number of hydrogen-bond acceptors (Lipinski definition) is 4. The van der Waals surface area contributed by atoms with Gasteiger partial charge in [-0.3, -0.25) is 4.98 Å². The molecular formula is C15H15N3O2. The number of methoxy groups -OCH3 is 1. The van der Waals surface area contributed by atoms with E-state index in [4.69, 9.17) is 4.74 Å². The minimum Gasteiger partial charge on any atom is -0.504 e. The van der Waals surface area contributed by atoms with E-state index in [0.29, 0.717) is 5.75 Å². The molecule has 0 saturated carbocycles. The van der Waals surface area contributed by atoms with Crippen LogP contribution in [0.1, 0.15) is 6.92 Å². The summed E-state index contributed by atoms with van der Waals surface area (Å²) in [6.07, 6.45) is 3.50. The number of ether oxygens (including phenoxy) is 1. The Kier molecular flexibility index (Phi) is 3.02. The first kappa shape index (κ1) is 12.5. The topological polar surface area (TPSA) is 60.2 Å². The number of imidazole rings is 1. The third-order valence-electron chi connectivity index (χ3n) is 3.30. The molecule has 0 amide bonds. The Morgan fingerprint density at radius 1 is 1.30 bits per heavy atom. The molecule has 0 atom stereocenters. The molecule has 0 aliphatic heterocycles. The van der Waals surface area contributed by atoms with Crippen LogP contribution in [0.15, 0.2) is 36.7 Å². The number of nitrogens with zero attached hydrogens (tertiary/aromatic N) is 3. The Labute approximate surface area is 116 Å².